The third kappa shape index (κ3) is 2.92. The van der Waals surface area contributed by atoms with Gasteiger partial charge >= 0.3 is 0 Å². The fourth-order valence-electron chi connectivity index (χ4n) is 5.36. The lowest BCUT2D eigenvalue weighted by Gasteiger charge is -2.48. The van der Waals surface area contributed by atoms with Crippen LogP contribution in [0.1, 0.15) is 44.7 Å². The van der Waals surface area contributed by atoms with Crippen LogP contribution in [-0.2, 0) is 10.2 Å². The molecule has 0 saturated carbocycles. The van der Waals surface area contributed by atoms with E-state index in [4.69, 9.17) is 0 Å². The molecule has 0 radical (unpaired) electrons. The molecular formula is C25H27N5O. The van der Waals surface area contributed by atoms with E-state index in [2.05, 4.69) is 77.8 Å². The second-order valence-electron chi connectivity index (χ2n) is 9.26. The van der Waals surface area contributed by atoms with E-state index < -0.39 is 5.41 Å². The Morgan fingerprint density at radius 1 is 1.23 bits per heavy atom. The summed E-state index contributed by atoms with van der Waals surface area (Å²) in [5.41, 5.74) is 6.40. The van der Waals surface area contributed by atoms with Gasteiger partial charge in [-0.1, -0.05) is 25.1 Å². The number of hydrogen-bond acceptors (Lipinski definition) is 5. The minimum atomic E-state index is -0.577. The van der Waals surface area contributed by atoms with Gasteiger partial charge in [0.25, 0.3) is 5.91 Å². The molecule has 0 aliphatic carbocycles. The van der Waals surface area contributed by atoms with Crippen LogP contribution >= 0.6 is 0 Å². The molecule has 6 nitrogen and oxygen atoms in total. The molecule has 0 fully saturated rings. The molecule has 1 aromatic carbocycles. The molecule has 0 saturated heterocycles. The van der Waals surface area contributed by atoms with Crippen molar-refractivity contribution in [2.45, 2.75) is 57.7 Å². The lowest BCUT2D eigenvalue weighted by molar-refractivity contribution is -0.120. The van der Waals surface area contributed by atoms with Crippen molar-refractivity contribution < 1.29 is 4.79 Å². The van der Waals surface area contributed by atoms with Gasteiger partial charge in [-0.2, -0.15) is 10.2 Å². The van der Waals surface area contributed by atoms with Gasteiger partial charge in [0, 0.05) is 35.6 Å². The summed E-state index contributed by atoms with van der Waals surface area (Å²) in [5, 5.41) is 15.4. The van der Waals surface area contributed by atoms with Crippen LogP contribution in [0.15, 0.2) is 76.0 Å². The molecule has 3 aliphatic heterocycles. The second-order valence-corrected chi connectivity index (χ2v) is 9.26. The molecule has 3 aliphatic rings. The molecule has 31 heavy (non-hydrogen) atoms. The van der Waals surface area contributed by atoms with Crippen molar-refractivity contribution >= 4 is 5.91 Å². The zero-order valence-corrected chi connectivity index (χ0v) is 18.4. The number of pyridine rings is 1. The summed E-state index contributed by atoms with van der Waals surface area (Å²) >= 11 is 0. The van der Waals surface area contributed by atoms with Crippen LogP contribution in [0.5, 0.6) is 0 Å². The van der Waals surface area contributed by atoms with Gasteiger partial charge in [0.2, 0.25) is 0 Å². The summed E-state index contributed by atoms with van der Waals surface area (Å²) in [4.78, 5) is 17.7. The minimum absolute atomic E-state index is 0.0163. The number of benzene rings is 1. The number of nitrogens with one attached hydrogen (secondary N) is 2. The van der Waals surface area contributed by atoms with Crippen LogP contribution in [0, 0.1) is 6.92 Å². The van der Waals surface area contributed by atoms with E-state index >= 15 is 0 Å². The van der Waals surface area contributed by atoms with Gasteiger partial charge in [0.1, 0.15) is 0 Å². The number of carbonyl (C=O) groups excluding carboxylic acids is 1. The van der Waals surface area contributed by atoms with Crippen LogP contribution in [-0.4, -0.2) is 22.6 Å². The number of carbonyl (C=O) groups is 1. The molecule has 2 atom stereocenters. The Morgan fingerprint density at radius 3 is 2.84 bits per heavy atom. The molecule has 5 rings (SSSR count). The zero-order chi connectivity index (χ0) is 21.8. The second kappa shape index (κ2) is 6.87. The Labute approximate surface area is 182 Å². The summed E-state index contributed by atoms with van der Waals surface area (Å²) in [7, 11) is 0. The summed E-state index contributed by atoms with van der Waals surface area (Å²) in [6, 6.07) is 10.6. The number of aryl methyl sites for hydroxylation is 1. The van der Waals surface area contributed by atoms with Crippen LogP contribution in [0.2, 0.25) is 0 Å². The number of nitrogens with zero attached hydrogens (tertiary/aromatic N) is 3. The molecular weight excluding hydrogens is 386 g/mol. The molecule has 1 amide bonds. The summed E-state index contributed by atoms with van der Waals surface area (Å²) in [6.07, 6.45) is 6.78. The maximum absolute atomic E-state index is 13.5. The van der Waals surface area contributed by atoms with Gasteiger partial charge in [0.05, 0.1) is 17.2 Å². The van der Waals surface area contributed by atoms with Crippen LogP contribution < -0.4 is 10.6 Å². The highest BCUT2D eigenvalue weighted by atomic mass is 16.2. The SMILES string of the molecule is CCC1(c2cccc(-c3ccncc3C)c2)C2=CN=NC2NC2=C1C(=O)NC(C)(C)C2. The fraction of sp³-hybridized carbons (Fsp3) is 0.360. The minimum Gasteiger partial charge on any atom is -0.362 e. The van der Waals surface area contributed by atoms with Crippen molar-refractivity contribution in [3.63, 3.8) is 0 Å². The Bertz CT molecular complexity index is 1180. The zero-order valence-electron chi connectivity index (χ0n) is 18.4. The molecule has 2 N–H and O–H groups in total. The monoisotopic (exact) mass is 413 g/mol. The van der Waals surface area contributed by atoms with Crippen molar-refractivity contribution in [2.24, 2.45) is 10.2 Å². The molecule has 0 bridgehead atoms. The molecule has 2 aromatic rings. The van der Waals surface area contributed by atoms with E-state index in [0.29, 0.717) is 0 Å². The first kappa shape index (κ1) is 19.7. The number of amides is 1. The first-order chi connectivity index (χ1) is 14.9. The predicted molar refractivity (Wildman–Crippen MR) is 120 cm³/mol. The van der Waals surface area contributed by atoms with Crippen molar-refractivity contribution in [1.82, 2.24) is 15.6 Å². The number of rotatable bonds is 3. The smallest absolute Gasteiger partial charge is 0.250 e. The molecule has 158 valence electrons. The largest absolute Gasteiger partial charge is 0.362 e. The highest BCUT2D eigenvalue weighted by Crippen LogP contribution is 2.51. The van der Waals surface area contributed by atoms with Crippen molar-refractivity contribution in [1.29, 1.82) is 0 Å². The fourth-order valence-corrected chi connectivity index (χ4v) is 5.36. The number of fused-ring (bicyclic) bond motifs is 1. The van der Waals surface area contributed by atoms with E-state index in [-0.39, 0.29) is 17.6 Å². The summed E-state index contributed by atoms with van der Waals surface area (Å²) in [6.45, 7) is 8.32. The Hall–Kier alpha value is -3.28. The van der Waals surface area contributed by atoms with Crippen LogP contribution in [0.4, 0.5) is 0 Å². The van der Waals surface area contributed by atoms with Gasteiger partial charge in [-0.3, -0.25) is 9.78 Å². The van der Waals surface area contributed by atoms with Crippen LogP contribution in [0.3, 0.4) is 0 Å². The van der Waals surface area contributed by atoms with Gasteiger partial charge < -0.3 is 10.6 Å². The highest BCUT2D eigenvalue weighted by molar-refractivity contribution is 6.00. The van der Waals surface area contributed by atoms with Gasteiger partial charge in [0.15, 0.2) is 6.17 Å². The van der Waals surface area contributed by atoms with E-state index in [1.807, 2.05) is 24.7 Å². The molecule has 2 unspecified atom stereocenters. The quantitative estimate of drug-likeness (QED) is 0.776. The lowest BCUT2D eigenvalue weighted by Crippen LogP contribution is -2.58. The summed E-state index contributed by atoms with van der Waals surface area (Å²) in [5.74, 6) is -0.0163. The third-order valence-corrected chi connectivity index (χ3v) is 6.72. The Balaban J connectivity index is 1.75. The first-order valence-corrected chi connectivity index (χ1v) is 10.8. The highest BCUT2D eigenvalue weighted by Gasteiger charge is 2.53. The van der Waals surface area contributed by atoms with Gasteiger partial charge in [-0.25, -0.2) is 0 Å². The Kier molecular flexibility index (Phi) is 4.36. The van der Waals surface area contributed by atoms with Gasteiger partial charge in [-0.15, -0.1) is 0 Å². The maximum Gasteiger partial charge on any atom is 0.250 e. The lowest BCUT2D eigenvalue weighted by atomic mass is 9.62. The number of aromatic nitrogens is 1. The normalized spacial score (nSPS) is 26.0. The average molecular weight is 414 g/mol. The van der Waals surface area contributed by atoms with E-state index in [1.54, 1.807) is 0 Å². The predicted octanol–water partition coefficient (Wildman–Crippen LogP) is 4.54. The van der Waals surface area contributed by atoms with E-state index in [9.17, 15) is 4.79 Å². The van der Waals surface area contributed by atoms with Crippen molar-refractivity contribution in [3.8, 4) is 11.1 Å². The first-order valence-electron chi connectivity index (χ1n) is 10.8. The standard InChI is InChI=1S/C25H27N5O/c1-5-25(17-8-6-7-16(11-17)18-9-10-26-13-15(18)2)19-14-27-30-22(19)28-20-12-24(3,4)29-23(31)21(20)25/h6-11,13-14,22,28H,5,12H2,1-4H3,(H,29,31). The maximum atomic E-state index is 13.5. The topological polar surface area (TPSA) is 78.7 Å². The summed E-state index contributed by atoms with van der Waals surface area (Å²) < 4.78 is 0. The molecule has 0 spiro atoms. The number of hydrogen-bond donors (Lipinski definition) is 2. The van der Waals surface area contributed by atoms with E-state index in [0.717, 1.165) is 51.9 Å². The van der Waals surface area contributed by atoms with E-state index in [1.165, 1.54) is 0 Å². The van der Waals surface area contributed by atoms with Crippen molar-refractivity contribution in [2.75, 3.05) is 0 Å². The van der Waals surface area contributed by atoms with Gasteiger partial charge in [-0.05, 0) is 61.6 Å². The molecule has 4 heterocycles. The average Bonchev–Trinajstić information content (AvgIpc) is 3.20. The van der Waals surface area contributed by atoms with Crippen molar-refractivity contribution in [3.05, 3.63) is 76.9 Å². The van der Waals surface area contributed by atoms with Crippen LogP contribution in [0.25, 0.3) is 11.1 Å². The Morgan fingerprint density at radius 2 is 2.06 bits per heavy atom. The molecule has 1 aromatic heterocycles. The third-order valence-electron chi connectivity index (χ3n) is 6.72. The number of azo groups is 1. The molecule has 6 heteroatoms.